The molecule has 17 heavy (non-hydrogen) atoms. The molecule has 0 saturated carbocycles. The zero-order valence-electron chi connectivity index (χ0n) is 10.2. The van der Waals surface area contributed by atoms with Crippen molar-refractivity contribution >= 4 is 17.5 Å². The molecular formula is C13H18N2OS. The maximum absolute atomic E-state index is 4.43. The van der Waals surface area contributed by atoms with E-state index in [0.717, 1.165) is 16.5 Å². The van der Waals surface area contributed by atoms with E-state index in [0.29, 0.717) is 5.92 Å². The van der Waals surface area contributed by atoms with E-state index in [4.69, 9.17) is 0 Å². The summed E-state index contributed by atoms with van der Waals surface area (Å²) >= 11 is 1.71. The second-order valence-electron chi connectivity index (χ2n) is 3.70. The van der Waals surface area contributed by atoms with Crippen LogP contribution in [0.3, 0.4) is 0 Å². The van der Waals surface area contributed by atoms with Gasteiger partial charge in [0.2, 0.25) is 0 Å². The van der Waals surface area contributed by atoms with Crippen molar-refractivity contribution < 1.29 is 4.84 Å². The predicted octanol–water partition coefficient (Wildman–Crippen LogP) is 2.84. The summed E-state index contributed by atoms with van der Waals surface area (Å²) in [6.07, 6.45) is 10.7. The second-order valence-corrected chi connectivity index (χ2v) is 4.75. The number of hydrogen-bond donors (Lipinski definition) is 1. The Balaban J connectivity index is 0.000000437. The Kier molecular flexibility index (Phi) is 5.97. The van der Waals surface area contributed by atoms with Gasteiger partial charge >= 0.3 is 0 Å². The van der Waals surface area contributed by atoms with E-state index in [1.807, 2.05) is 0 Å². The largest absolute Gasteiger partial charge is 0.308 e. The minimum Gasteiger partial charge on any atom is -0.308 e. The fourth-order valence-electron chi connectivity index (χ4n) is 1.50. The summed E-state index contributed by atoms with van der Waals surface area (Å²) in [4.78, 5) is 8.18. The molecule has 0 radical (unpaired) electrons. The van der Waals surface area contributed by atoms with Crippen LogP contribution in [-0.4, -0.2) is 18.6 Å². The summed E-state index contributed by atoms with van der Waals surface area (Å²) in [5, 5.41) is 0.930. The Morgan fingerprint density at radius 1 is 1.53 bits per heavy atom. The van der Waals surface area contributed by atoms with Crippen molar-refractivity contribution in [2.45, 2.75) is 6.92 Å². The van der Waals surface area contributed by atoms with E-state index in [2.05, 4.69) is 59.6 Å². The summed E-state index contributed by atoms with van der Waals surface area (Å²) in [6.45, 7) is 6.03. The average Bonchev–Trinajstić information content (AvgIpc) is 2.58. The highest BCUT2D eigenvalue weighted by Crippen LogP contribution is 2.26. The molecular weight excluding hydrogens is 232 g/mol. The van der Waals surface area contributed by atoms with E-state index < -0.39 is 0 Å². The number of thioether (sulfide) groups is 1. The molecule has 0 bridgehead atoms. The highest BCUT2D eigenvalue weighted by atomic mass is 32.2. The van der Waals surface area contributed by atoms with Gasteiger partial charge in [0.15, 0.2) is 0 Å². The van der Waals surface area contributed by atoms with E-state index in [1.54, 1.807) is 11.8 Å². The number of allylic oxidation sites excluding steroid dienone is 6. The highest BCUT2D eigenvalue weighted by Gasteiger charge is 2.13. The molecule has 1 unspecified atom stereocenters. The first-order valence-corrected chi connectivity index (χ1v) is 6.35. The molecule has 0 aromatic carbocycles. The first kappa shape index (κ1) is 14.0. The standard InChI is InChI=1S/C12H13NS.CH5NO/c1-9-5-3-4-6-11(7-9)12-8-14-10(2)13-12;1-3-2/h3-7,9H,2,8H2,1H3;2H2,1H3. The predicted molar refractivity (Wildman–Crippen MR) is 75.8 cm³/mol. The minimum absolute atomic E-state index is 0.488. The summed E-state index contributed by atoms with van der Waals surface area (Å²) in [7, 11) is 1.40. The maximum Gasteiger partial charge on any atom is 0.0895 e. The third-order valence-electron chi connectivity index (χ3n) is 2.21. The number of nitrogens with two attached hydrogens (primary N) is 1. The van der Waals surface area contributed by atoms with Crippen LogP contribution in [0, 0.1) is 5.92 Å². The monoisotopic (exact) mass is 250 g/mol. The molecule has 0 fully saturated rings. The zero-order valence-corrected chi connectivity index (χ0v) is 11.0. The van der Waals surface area contributed by atoms with Gasteiger partial charge in [0.05, 0.1) is 17.9 Å². The molecule has 92 valence electrons. The van der Waals surface area contributed by atoms with Crippen molar-refractivity contribution in [1.82, 2.24) is 0 Å². The third-order valence-corrected chi connectivity index (χ3v) is 3.05. The van der Waals surface area contributed by atoms with Crippen LogP contribution in [0.25, 0.3) is 0 Å². The normalized spacial score (nSPS) is 22.5. The van der Waals surface area contributed by atoms with Gasteiger partial charge in [0.1, 0.15) is 0 Å². The molecule has 0 saturated heterocycles. The molecule has 0 spiro atoms. The van der Waals surface area contributed by atoms with Crippen LogP contribution in [0.5, 0.6) is 0 Å². The smallest absolute Gasteiger partial charge is 0.0895 e. The lowest BCUT2D eigenvalue weighted by Gasteiger charge is -2.01. The number of rotatable bonds is 1. The number of aliphatic imine (C=N–C) groups is 1. The lowest BCUT2D eigenvalue weighted by molar-refractivity contribution is 0.206. The van der Waals surface area contributed by atoms with Crippen molar-refractivity contribution in [2.24, 2.45) is 16.8 Å². The summed E-state index contributed by atoms with van der Waals surface area (Å²) in [5.74, 6) is 5.79. The van der Waals surface area contributed by atoms with Crippen LogP contribution in [0.1, 0.15) is 6.92 Å². The molecule has 1 aliphatic carbocycles. The highest BCUT2D eigenvalue weighted by molar-refractivity contribution is 8.04. The van der Waals surface area contributed by atoms with Crippen molar-refractivity contribution in [3.05, 3.63) is 47.6 Å². The first-order valence-electron chi connectivity index (χ1n) is 5.36. The molecule has 2 aliphatic rings. The van der Waals surface area contributed by atoms with Gasteiger partial charge in [-0.25, -0.2) is 10.9 Å². The Bertz CT molecular complexity index is 394. The second kappa shape index (κ2) is 7.27. The lowest BCUT2D eigenvalue weighted by atomic mass is 10.1. The topological polar surface area (TPSA) is 47.6 Å². The molecule has 1 heterocycles. The van der Waals surface area contributed by atoms with Crippen molar-refractivity contribution in [1.29, 1.82) is 0 Å². The van der Waals surface area contributed by atoms with Gasteiger partial charge in [-0.15, -0.1) is 11.8 Å². The van der Waals surface area contributed by atoms with Gasteiger partial charge in [0, 0.05) is 5.75 Å². The molecule has 1 aliphatic heterocycles. The van der Waals surface area contributed by atoms with Gasteiger partial charge in [0.25, 0.3) is 0 Å². The van der Waals surface area contributed by atoms with Gasteiger partial charge in [-0.3, -0.25) is 0 Å². The molecule has 3 nitrogen and oxygen atoms in total. The summed E-state index contributed by atoms with van der Waals surface area (Å²) < 4.78 is 0. The molecule has 0 aromatic heterocycles. The molecule has 2 rings (SSSR count). The summed E-state index contributed by atoms with van der Waals surface area (Å²) in [5.41, 5.74) is 2.40. The van der Waals surface area contributed by atoms with E-state index in [-0.39, 0.29) is 0 Å². The van der Waals surface area contributed by atoms with Crippen LogP contribution in [0.15, 0.2) is 52.6 Å². The molecule has 0 amide bonds. The number of nitrogens with zero attached hydrogens (tertiary/aromatic N) is 1. The van der Waals surface area contributed by atoms with Crippen molar-refractivity contribution in [3.63, 3.8) is 0 Å². The first-order chi connectivity index (χ1) is 8.17. The van der Waals surface area contributed by atoms with E-state index in [1.165, 1.54) is 12.7 Å². The maximum atomic E-state index is 4.43. The van der Waals surface area contributed by atoms with Gasteiger partial charge in [-0.2, -0.15) is 0 Å². The van der Waals surface area contributed by atoms with E-state index in [9.17, 15) is 0 Å². The SMILES string of the molecule is C=C1N=C(C2=CC(C)C=CC=C2)CS1.CON. The molecule has 4 heteroatoms. The van der Waals surface area contributed by atoms with Crippen LogP contribution in [-0.2, 0) is 4.84 Å². The molecule has 2 N–H and O–H groups in total. The van der Waals surface area contributed by atoms with Gasteiger partial charge in [-0.1, -0.05) is 43.9 Å². The Morgan fingerprint density at radius 3 is 2.82 bits per heavy atom. The van der Waals surface area contributed by atoms with Gasteiger partial charge in [-0.05, 0) is 11.5 Å². The van der Waals surface area contributed by atoms with Crippen LogP contribution < -0.4 is 5.90 Å². The minimum atomic E-state index is 0.488. The zero-order chi connectivity index (χ0) is 12.7. The number of hydrogen-bond acceptors (Lipinski definition) is 4. The van der Waals surface area contributed by atoms with E-state index >= 15 is 0 Å². The summed E-state index contributed by atoms with van der Waals surface area (Å²) in [6, 6.07) is 0. The van der Waals surface area contributed by atoms with Gasteiger partial charge < -0.3 is 4.84 Å². The Labute approximate surface area is 107 Å². The molecule has 0 aromatic rings. The van der Waals surface area contributed by atoms with Crippen LogP contribution >= 0.6 is 11.8 Å². The Morgan fingerprint density at radius 2 is 2.24 bits per heavy atom. The Hall–Kier alpha value is -1.10. The van der Waals surface area contributed by atoms with Crippen LogP contribution in [0.4, 0.5) is 0 Å². The third kappa shape index (κ3) is 4.73. The van der Waals surface area contributed by atoms with Crippen molar-refractivity contribution in [2.75, 3.05) is 12.9 Å². The van der Waals surface area contributed by atoms with Crippen LogP contribution in [0.2, 0.25) is 0 Å². The lowest BCUT2D eigenvalue weighted by Crippen LogP contribution is -2.01. The van der Waals surface area contributed by atoms with Crippen molar-refractivity contribution in [3.8, 4) is 0 Å². The quantitative estimate of drug-likeness (QED) is 0.728. The fourth-order valence-corrected chi connectivity index (χ4v) is 2.21. The molecule has 1 atom stereocenters. The average molecular weight is 250 g/mol. The fraction of sp³-hybridized carbons (Fsp3) is 0.308.